The van der Waals surface area contributed by atoms with E-state index >= 15 is 0 Å². The highest BCUT2D eigenvalue weighted by Crippen LogP contribution is 2.44. The molecule has 2 aromatic carbocycles. The summed E-state index contributed by atoms with van der Waals surface area (Å²) >= 11 is 0. The van der Waals surface area contributed by atoms with E-state index in [2.05, 4.69) is 34.9 Å². The van der Waals surface area contributed by atoms with Crippen molar-refractivity contribution in [3.8, 4) is 11.1 Å². The summed E-state index contributed by atoms with van der Waals surface area (Å²) in [5.74, 6) is -1.49. The minimum Gasteiger partial charge on any atom is -0.481 e. The van der Waals surface area contributed by atoms with E-state index in [-0.39, 0.29) is 30.8 Å². The minimum absolute atomic E-state index is 0.0682. The number of carbonyl (C=O) groups excluding carboxylic acids is 2. The van der Waals surface area contributed by atoms with Crippen molar-refractivity contribution < 1.29 is 24.2 Å². The lowest BCUT2D eigenvalue weighted by Gasteiger charge is -2.32. The van der Waals surface area contributed by atoms with Crippen LogP contribution in [0.4, 0.5) is 4.79 Å². The molecule has 7 heteroatoms. The fourth-order valence-electron chi connectivity index (χ4n) is 5.50. The first-order chi connectivity index (χ1) is 16.8. The fraction of sp³-hybridized carbons (Fsp3) is 0.464. The van der Waals surface area contributed by atoms with Gasteiger partial charge < -0.3 is 20.5 Å². The number of fused-ring (bicyclic) bond motifs is 3. The minimum atomic E-state index is -0.934. The number of carboxylic acids is 1. The summed E-state index contributed by atoms with van der Waals surface area (Å²) in [4.78, 5) is 37.5. The number of amides is 2. The van der Waals surface area contributed by atoms with E-state index < -0.39 is 23.6 Å². The summed E-state index contributed by atoms with van der Waals surface area (Å²) in [7, 11) is 0. The molecule has 0 heterocycles. The van der Waals surface area contributed by atoms with Gasteiger partial charge in [0.05, 0.1) is 12.0 Å². The average Bonchev–Trinajstić information content (AvgIpc) is 3.42. The van der Waals surface area contributed by atoms with E-state index in [1.165, 1.54) is 0 Å². The summed E-state index contributed by atoms with van der Waals surface area (Å²) in [5.41, 5.74) is 3.78. The van der Waals surface area contributed by atoms with Crippen LogP contribution in [-0.4, -0.2) is 41.3 Å². The maximum absolute atomic E-state index is 13.2. The molecule has 186 valence electrons. The molecule has 1 fully saturated rings. The van der Waals surface area contributed by atoms with Crippen molar-refractivity contribution in [3.05, 3.63) is 59.7 Å². The van der Waals surface area contributed by atoms with Gasteiger partial charge in [0.1, 0.15) is 12.6 Å². The van der Waals surface area contributed by atoms with Gasteiger partial charge in [-0.05, 0) is 41.0 Å². The number of carboxylic acid groups (broad SMARTS) is 1. The average molecular weight is 479 g/mol. The van der Waals surface area contributed by atoms with Crippen molar-refractivity contribution in [2.24, 2.45) is 5.92 Å². The van der Waals surface area contributed by atoms with E-state index in [0.717, 1.165) is 35.1 Å². The first-order valence-corrected chi connectivity index (χ1v) is 12.5. The first kappa shape index (κ1) is 24.8. The van der Waals surface area contributed by atoms with Gasteiger partial charge >= 0.3 is 12.1 Å². The monoisotopic (exact) mass is 478 g/mol. The quantitative estimate of drug-likeness (QED) is 0.478. The maximum atomic E-state index is 13.2. The van der Waals surface area contributed by atoms with Crippen molar-refractivity contribution in [3.63, 3.8) is 0 Å². The summed E-state index contributed by atoms with van der Waals surface area (Å²) in [6.07, 6.45) is 2.92. The molecule has 7 nitrogen and oxygen atoms in total. The Labute approximate surface area is 206 Å². The third-order valence-electron chi connectivity index (χ3n) is 7.55. The van der Waals surface area contributed by atoms with Gasteiger partial charge in [-0.25, -0.2) is 4.79 Å². The predicted octanol–water partition coefficient (Wildman–Crippen LogP) is 4.84. The molecule has 2 aliphatic carbocycles. The van der Waals surface area contributed by atoms with Crippen LogP contribution >= 0.6 is 0 Å². The molecule has 0 bridgehead atoms. The van der Waals surface area contributed by atoms with Gasteiger partial charge in [0, 0.05) is 5.92 Å². The van der Waals surface area contributed by atoms with Crippen LogP contribution in [0.15, 0.2) is 48.5 Å². The Hall–Kier alpha value is -3.35. The standard InChI is InChI=1S/C28H34N2O5/c1-3-18(2)25(26(33)30-28(16-24(31)32)14-8-9-15-28)29-27(34)35-17-23-21-12-6-4-10-19(21)20-11-5-7-13-22(20)23/h4-7,10-13,18,23,25H,3,8-9,14-17H2,1-2H3,(H,29,34)(H,30,33)(H,31,32)/t18-,25-/m0/s1. The molecule has 2 aromatic rings. The molecule has 0 aromatic heterocycles. The molecule has 0 aliphatic heterocycles. The van der Waals surface area contributed by atoms with Gasteiger partial charge in [0.25, 0.3) is 0 Å². The number of aliphatic carboxylic acids is 1. The number of alkyl carbamates (subject to hydrolysis) is 1. The van der Waals surface area contributed by atoms with Gasteiger partial charge in [-0.3, -0.25) is 9.59 Å². The zero-order valence-electron chi connectivity index (χ0n) is 20.4. The van der Waals surface area contributed by atoms with Crippen LogP contribution < -0.4 is 10.6 Å². The van der Waals surface area contributed by atoms with E-state index in [0.29, 0.717) is 19.3 Å². The topological polar surface area (TPSA) is 105 Å². The Morgan fingerprint density at radius 1 is 1.03 bits per heavy atom. The maximum Gasteiger partial charge on any atom is 0.407 e. The largest absolute Gasteiger partial charge is 0.481 e. The van der Waals surface area contributed by atoms with Crippen LogP contribution in [0.25, 0.3) is 11.1 Å². The molecular formula is C28H34N2O5. The van der Waals surface area contributed by atoms with Crippen LogP contribution in [0.2, 0.25) is 0 Å². The number of nitrogens with one attached hydrogen (secondary N) is 2. The molecule has 0 unspecified atom stereocenters. The zero-order valence-corrected chi connectivity index (χ0v) is 20.4. The van der Waals surface area contributed by atoms with E-state index in [4.69, 9.17) is 4.74 Å². The lowest BCUT2D eigenvalue weighted by molar-refractivity contribution is -0.139. The predicted molar refractivity (Wildman–Crippen MR) is 133 cm³/mol. The Morgan fingerprint density at radius 3 is 2.14 bits per heavy atom. The highest BCUT2D eigenvalue weighted by atomic mass is 16.5. The summed E-state index contributed by atoms with van der Waals surface area (Å²) in [6, 6.07) is 15.4. The molecule has 2 amide bonds. The van der Waals surface area contributed by atoms with Crippen LogP contribution in [0, 0.1) is 5.92 Å². The number of hydrogen-bond donors (Lipinski definition) is 3. The molecule has 2 aliphatic rings. The summed E-state index contributed by atoms with van der Waals surface area (Å²) in [6.45, 7) is 4.01. The lowest BCUT2D eigenvalue weighted by atomic mass is 9.91. The zero-order chi connectivity index (χ0) is 25.0. The molecule has 35 heavy (non-hydrogen) atoms. The number of hydrogen-bond acceptors (Lipinski definition) is 4. The highest BCUT2D eigenvalue weighted by Gasteiger charge is 2.40. The SMILES string of the molecule is CC[C@H](C)[C@H](NC(=O)OCC1c2ccccc2-c2ccccc21)C(=O)NC1(CC(=O)O)CCCC1. The van der Waals surface area contributed by atoms with Crippen molar-refractivity contribution in [2.75, 3.05) is 6.61 Å². The molecule has 1 saturated carbocycles. The Morgan fingerprint density at radius 2 is 1.60 bits per heavy atom. The second kappa shape index (κ2) is 10.5. The van der Waals surface area contributed by atoms with Crippen LogP contribution in [-0.2, 0) is 14.3 Å². The number of rotatable bonds is 9. The lowest BCUT2D eigenvalue weighted by Crippen LogP contribution is -2.57. The smallest absolute Gasteiger partial charge is 0.407 e. The normalized spacial score (nSPS) is 17.7. The first-order valence-electron chi connectivity index (χ1n) is 12.5. The van der Waals surface area contributed by atoms with Gasteiger partial charge in [0.15, 0.2) is 0 Å². The second-order valence-corrected chi connectivity index (χ2v) is 9.88. The van der Waals surface area contributed by atoms with E-state index in [9.17, 15) is 19.5 Å². The summed E-state index contributed by atoms with van der Waals surface area (Å²) < 4.78 is 5.65. The molecule has 4 rings (SSSR count). The highest BCUT2D eigenvalue weighted by molar-refractivity contribution is 5.87. The molecule has 2 atom stereocenters. The van der Waals surface area contributed by atoms with E-state index in [1.54, 1.807) is 0 Å². The Kier molecular flexibility index (Phi) is 7.43. The fourth-order valence-corrected chi connectivity index (χ4v) is 5.50. The van der Waals surface area contributed by atoms with Crippen molar-refractivity contribution in [1.82, 2.24) is 10.6 Å². The number of carbonyl (C=O) groups is 3. The van der Waals surface area contributed by atoms with Crippen molar-refractivity contribution in [2.45, 2.75) is 69.9 Å². The number of benzene rings is 2. The number of ether oxygens (including phenoxy) is 1. The summed E-state index contributed by atoms with van der Waals surface area (Å²) in [5, 5.41) is 15.1. The third-order valence-corrected chi connectivity index (χ3v) is 7.55. The second-order valence-electron chi connectivity index (χ2n) is 9.88. The molecule has 0 spiro atoms. The van der Waals surface area contributed by atoms with Crippen LogP contribution in [0.5, 0.6) is 0 Å². The van der Waals surface area contributed by atoms with Gasteiger partial charge in [-0.15, -0.1) is 0 Å². The van der Waals surface area contributed by atoms with Crippen molar-refractivity contribution in [1.29, 1.82) is 0 Å². The van der Waals surface area contributed by atoms with Crippen LogP contribution in [0.3, 0.4) is 0 Å². The molecule has 0 saturated heterocycles. The molecular weight excluding hydrogens is 444 g/mol. The molecule has 0 radical (unpaired) electrons. The van der Waals surface area contributed by atoms with E-state index in [1.807, 2.05) is 38.1 Å². The third kappa shape index (κ3) is 5.34. The Bertz CT molecular complexity index is 1050. The van der Waals surface area contributed by atoms with Gasteiger partial charge in [0.2, 0.25) is 5.91 Å². The molecule has 3 N–H and O–H groups in total. The van der Waals surface area contributed by atoms with Gasteiger partial charge in [-0.2, -0.15) is 0 Å². The van der Waals surface area contributed by atoms with Crippen molar-refractivity contribution >= 4 is 18.0 Å². The van der Waals surface area contributed by atoms with Gasteiger partial charge in [-0.1, -0.05) is 81.6 Å². The Balaban J connectivity index is 1.43. The van der Waals surface area contributed by atoms with Crippen LogP contribution in [0.1, 0.15) is 69.4 Å².